The van der Waals surface area contributed by atoms with Crippen LogP contribution in [0.15, 0.2) is 24.3 Å². The number of alkyl halides is 3. The molecule has 0 saturated carbocycles. The van der Waals surface area contributed by atoms with Gasteiger partial charge < -0.3 is 9.84 Å². The Hall–Kier alpha value is -1.98. The Morgan fingerprint density at radius 3 is 2.53 bits per heavy atom. The van der Waals surface area contributed by atoms with E-state index in [-0.39, 0.29) is 5.56 Å². The highest BCUT2D eigenvalue weighted by atomic mass is 19.4. The first-order valence-electron chi connectivity index (χ1n) is 4.51. The Balaban J connectivity index is 3.29. The zero-order chi connectivity index (χ0) is 13.1. The van der Waals surface area contributed by atoms with Crippen molar-refractivity contribution in [3.05, 3.63) is 35.4 Å². The molecule has 1 rings (SSSR count). The van der Waals surface area contributed by atoms with Crippen molar-refractivity contribution in [2.75, 3.05) is 7.11 Å². The third kappa shape index (κ3) is 3.24. The molecule has 0 aliphatic rings. The SMILES string of the molecule is COc1c(/C=C/C(=O)O)cccc1C(F)(F)F. The Morgan fingerprint density at radius 2 is 2.06 bits per heavy atom. The van der Waals surface area contributed by atoms with Crippen LogP contribution in [0.3, 0.4) is 0 Å². The van der Waals surface area contributed by atoms with Crippen molar-refractivity contribution in [3.8, 4) is 5.75 Å². The Labute approximate surface area is 95.1 Å². The minimum Gasteiger partial charge on any atom is -0.495 e. The predicted molar refractivity (Wildman–Crippen MR) is 54.7 cm³/mol. The molecule has 0 aliphatic carbocycles. The number of para-hydroxylation sites is 1. The van der Waals surface area contributed by atoms with Gasteiger partial charge in [-0.3, -0.25) is 0 Å². The number of benzene rings is 1. The van der Waals surface area contributed by atoms with Crippen molar-refractivity contribution in [2.24, 2.45) is 0 Å². The molecule has 0 atom stereocenters. The number of hydrogen-bond donors (Lipinski definition) is 1. The summed E-state index contributed by atoms with van der Waals surface area (Å²) in [6, 6.07) is 3.40. The molecule has 0 saturated heterocycles. The highest BCUT2D eigenvalue weighted by Crippen LogP contribution is 2.38. The van der Waals surface area contributed by atoms with Crippen molar-refractivity contribution < 1.29 is 27.8 Å². The third-order valence-corrected chi connectivity index (χ3v) is 1.96. The second-order valence-electron chi connectivity index (χ2n) is 3.10. The third-order valence-electron chi connectivity index (χ3n) is 1.96. The molecule has 92 valence electrons. The highest BCUT2D eigenvalue weighted by Gasteiger charge is 2.34. The van der Waals surface area contributed by atoms with Crippen LogP contribution in [0.5, 0.6) is 5.75 Å². The minimum atomic E-state index is -4.54. The van der Waals surface area contributed by atoms with Gasteiger partial charge in [0.15, 0.2) is 0 Å². The first kappa shape index (κ1) is 13.1. The molecule has 17 heavy (non-hydrogen) atoms. The van der Waals surface area contributed by atoms with Crippen LogP contribution in [0.2, 0.25) is 0 Å². The molecule has 0 heterocycles. The number of ether oxygens (including phenoxy) is 1. The lowest BCUT2D eigenvalue weighted by atomic mass is 10.1. The molecule has 0 bridgehead atoms. The van der Waals surface area contributed by atoms with E-state index in [9.17, 15) is 18.0 Å². The molecule has 0 amide bonds. The lowest BCUT2D eigenvalue weighted by molar-refractivity contribution is -0.138. The number of methoxy groups -OCH3 is 1. The summed E-state index contributed by atoms with van der Waals surface area (Å²) in [6.07, 6.45) is -2.74. The van der Waals surface area contributed by atoms with E-state index < -0.39 is 23.5 Å². The summed E-state index contributed by atoms with van der Waals surface area (Å²) < 4.78 is 42.5. The van der Waals surface area contributed by atoms with Crippen LogP contribution in [0.25, 0.3) is 6.08 Å². The van der Waals surface area contributed by atoms with Gasteiger partial charge >= 0.3 is 12.1 Å². The van der Waals surface area contributed by atoms with Gasteiger partial charge in [-0.2, -0.15) is 13.2 Å². The largest absolute Gasteiger partial charge is 0.495 e. The molecule has 0 aliphatic heterocycles. The van der Waals surface area contributed by atoms with Gasteiger partial charge in [0.05, 0.1) is 12.7 Å². The number of hydrogen-bond acceptors (Lipinski definition) is 2. The van der Waals surface area contributed by atoms with E-state index in [1.807, 2.05) is 0 Å². The average Bonchev–Trinajstić information content (AvgIpc) is 2.24. The van der Waals surface area contributed by atoms with Crippen LogP contribution >= 0.6 is 0 Å². The molecule has 0 aromatic heterocycles. The van der Waals surface area contributed by atoms with Gasteiger partial charge in [-0.15, -0.1) is 0 Å². The van der Waals surface area contributed by atoms with E-state index in [4.69, 9.17) is 5.11 Å². The zero-order valence-electron chi connectivity index (χ0n) is 8.78. The van der Waals surface area contributed by atoms with Crippen molar-refractivity contribution in [2.45, 2.75) is 6.18 Å². The fourth-order valence-electron chi connectivity index (χ4n) is 1.30. The second kappa shape index (κ2) is 4.90. The number of carboxylic acid groups (broad SMARTS) is 1. The van der Waals surface area contributed by atoms with Crippen LogP contribution in [0.1, 0.15) is 11.1 Å². The molecule has 0 radical (unpaired) electrons. The van der Waals surface area contributed by atoms with Gasteiger partial charge in [0.2, 0.25) is 0 Å². The van der Waals surface area contributed by atoms with Crippen LogP contribution in [-0.2, 0) is 11.0 Å². The Bertz CT molecular complexity index is 450. The summed E-state index contributed by atoms with van der Waals surface area (Å²) in [7, 11) is 1.10. The van der Waals surface area contributed by atoms with E-state index in [1.54, 1.807) is 0 Å². The Morgan fingerprint density at radius 1 is 1.41 bits per heavy atom. The number of aliphatic carboxylic acids is 1. The van der Waals surface area contributed by atoms with Crippen molar-refractivity contribution in [1.29, 1.82) is 0 Å². The first-order chi connectivity index (χ1) is 7.86. The number of halogens is 3. The molecule has 0 spiro atoms. The van der Waals surface area contributed by atoms with Gasteiger partial charge in [0, 0.05) is 11.6 Å². The molecule has 6 heteroatoms. The topological polar surface area (TPSA) is 46.5 Å². The lowest BCUT2D eigenvalue weighted by Gasteiger charge is -2.13. The number of carbonyl (C=O) groups is 1. The van der Waals surface area contributed by atoms with Crippen molar-refractivity contribution in [1.82, 2.24) is 0 Å². The van der Waals surface area contributed by atoms with Crippen molar-refractivity contribution in [3.63, 3.8) is 0 Å². The number of carboxylic acids is 1. The predicted octanol–water partition coefficient (Wildman–Crippen LogP) is 2.81. The highest BCUT2D eigenvalue weighted by molar-refractivity contribution is 5.86. The molecular formula is C11H9F3O3. The van der Waals surface area contributed by atoms with E-state index in [0.29, 0.717) is 0 Å². The molecule has 3 nitrogen and oxygen atoms in total. The van der Waals surface area contributed by atoms with Gasteiger partial charge in [0.25, 0.3) is 0 Å². The van der Waals surface area contributed by atoms with Gasteiger partial charge in [-0.1, -0.05) is 12.1 Å². The molecule has 1 N–H and O–H groups in total. The molecule has 1 aromatic carbocycles. The number of rotatable bonds is 3. The maximum Gasteiger partial charge on any atom is 0.419 e. The maximum atomic E-state index is 12.6. The average molecular weight is 246 g/mol. The zero-order valence-corrected chi connectivity index (χ0v) is 8.78. The van der Waals surface area contributed by atoms with Crippen LogP contribution in [-0.4, -0.2) is 18.2 Å². The molecule has 0 fully saturated rings. The fraction of sp³-hybridized carbons (Fsp3) is 0.182. The quantitative estimate of drug-likeness (QED) is 0.834. The van der Waals surface area contributed by atoms with E-state index in [0.717, 1.165) is 25.3 Å². The first-order valence-corrected chi connectivity index (χ1v) is 4.51. The monoisotopic (exact) mass is 246 g/mol. The van der Waals surface area contributed by atoms with Crippen molar-refractivity contribution >= 4 is 12.0 Å². The maximum absolute atomic E-state index is 12.6. The fourth-order valence-corrected chi connectivity index (χ4v) is 1.30. The summed E-state index contributed by atoms with van der Waals surface area (Å²) in [4.78, 5) is 10.3. The molecule has 1 aromatic rings. The standard InChI is InChI=1S/C11H9F3O3/c1-17-10-7(5-6-9(15)16)3-2-4-8(10)11(12,13)14/h2-6H,1H3,(H,15,16)/b6-5+. The second-order valence-corrected chi connectivity index (χ2v) is 3.10. The van der Waals surface area contributed by atoms with E-state index >= 15 is 0 Å². The van der Waals surface area contributed by atoms with Gasteiger partial charge in [-0.05, 0) is 12.1 Å². The van der Waals surface area contributed by atoms with Crippen LogP contribution in [0.4, 0.5) is 13.2 Å². The molecule has 0 unspecified atom stereocenters. The lowest BCUT2D eigenvalue weighted by Crippen LogP contribution is -2.08. The Kier molecular flexibility index (Phi) is 3.77. The minimum absolute atomic E-state index is 0.0599. The smallest absolute Gasteiger partial charge is 0.419 e. The van der Waals surface area contributed by atoms with Crippen LogP contribution in [0, 0.1) is 0 Å². The summed E-state index contributed by atoms with van der Waals surface area (Å²) in [5.41, 5.74) is -0.878. The van der Waals surface area contributed by atoms with Crippen LogP contribution < -0.4 is 4.74 Å². The summed E-state index contributed by atoms with van der Waals surface area (Å²) in [6.45, 7) is 0. The van der Waals surface area contributed by atoms with Gasteiger partial charge in [0.1, 0.15) is 5.75 Å². The summed E-state index contributed by atoms with van der Waals surface area (Å²) in [5.74, 6) is -1.64. The van der Waals surface area contributed by atoms with E-state index in [1.165, 1.54) is 12.1 Å². The molecular weight excluding hydrogens is 237 g/mol. The summed E-state index contributed by atoms with van der Waals surface area (Å²) >= 11 is 0. The van der Waals surface area contributed by atoms with E-state index in [2.05, 4.69) is 4.74 Å². The summed E-state index contributed by atoms with van der Waals surface area (Å²) in [5, 5.41) is 8.42. The normalized spacial score (nSPS) is 11.8. The van der Waals surface area contributed by atoms with Gasteiger partial charge in [-0.25, -0.2) is 4.79 Å².